The third-order valence-corrected chi connectivity index (χ3v) is 12.6. The summed E-state index contributed by atoms with van der Waals surface area (Å²) in [4.78, 5) is 0. The number of hydrogen-bond acceptors (Lipinski definition) is 0. The van der Waals surface area contributed by atoms with Gasteiger partial charge in [-0.3, -0.25) is 0 Å². The Bertz CT molecular complexity index is 2860. The lowest BCUT2D eigenvalue weighted by Gasteiger charge is -2.44. The number of benzene rings is 4. The van der Waals surface area contributed by atoms with Gasteiger partial charge in [-0.15, -0.1) is 0 Å². The molecule has 54 heavy (non-hydrogen) atoms. The summed E-state index contributed by atoms with van der Waals surface area (Å²) < 4.78 is 10.3. The van der Waals surface area contributed by atoms with E-state index in [1.54, 1.807) is 0 Å². The summed E-state index contributed by atoms with van der Waals surface area (Å²) >= 11 is 0. The zero-order valence-electron chi connectivity index (χ0n) is 32.4. The number of nitrogens with zero attached hydrogens (tertiary/aromatic N) is 4. The average molecular weight is 704 g/mol. The van der Waals surface area contributed by atoms with Gasteiger partial charge >= 0.3 is 0 Å². The summed E-state index contributed by atoms with van der Waals surface area (Å²) in [6, 6.07) is 50.8. The fourth-order valence-corrected chi connectivity index (χ4v) is 10.6. The molecule has 0 N–H and O–H groups in total. The maximum Gasteiger partial charge on any atom is 0.288 e. The van der Waals surface area contributed by atoms with Crippen molar-refractivity contribution in [2.24, 2.45) is 13.0 Å². The Morgan fingerprint density at radius 1 is 0.556 bits per heavy atom. The maximum atomic E-state index is 2.69. The number of pyridine rings is 3. The van der Waals surface area contributed by atoms with Crippen molar-refractivity contribution in [1.82, 2.24) is 4.57 Å². The van der Waals surface area contributed by atoms with E-state index in [2.05, 4.69) is 207 Å². The lowest BCUT2D eigenvalue weighted by molar-refractivity contribution is -0.849. The van der Waals surface area contributed by atoms with E-state index >= 15 is 0 Å². The first kappa shape index (κ1) is 32.8. The molecule has 4 aromatic carbocycles. The monoisotopic (exact) mass is 703 g/mol. The van der Waals surface area contributed by atoms with E-state index in [4.69, 9.17) is 0 Å². The van der Waals surface area contributed by atoms with Crippen molar-refractivity contribution in [3.05, 3.63) is 173 Å². The summed E-state index contributed by atoms with van der Waals surface area (Å²) in [7, 11) is 2.21. The van der Waals surface area contributed by atoms with Crippen LogP contribution in [-0.4, -0.2) is 4.57 Å². The van der Waals surface area contributed by atoms with Crippen LogP contribution in [0.1, 0.15) is 54.4 Å². The van der Waals surface area contributed by atoms with Crippen molar-refractivity contribution < 1.29 is 13.7 Å². The van der Waals surface area contributed by atoms with Crippen LogP contribution >= 0.6 is 0 Å². The van der Waals surface area contributed by atoms with Crippen LogP contribution in [0.2, 0.25) is 0 Å². The van der Waals surface area contributed by atoms with Crippen molar-refractivity contribution in [1.29, 1.82) is 0 Å². The predicted molar refractivity (Wildman–Crippen MR) is 218 cm³/mol. The molecule has 0 bridgehead atoms. The first-order valence-corrected chi connectivity index (χ1v) is 19.4. The fourth-order valence-electron chi connectivity index (χ4n) is 10.6. The van der Waals surface area contributed by atoms with Crippen LogP contribution < -0.4 is 13.7 Å². The smallest absolute Gasteiger partial charge is 0.288 e. The molecule has 0 aliphatic carbocycles. The largest absolute Gasteiger partial charge is 0.340 e. The van der Waals surface area contributed by atoms with Crippen LogP contribution in [0.15, 0.2) is 140 Å². The average Bonchev–Trinajstić information content (AvgIpc) is 3.64. The topological polar surface area (TPSA) is 16.6 Å². The van der Waals surface area contributed by atoms with Crippen molar-refractivity contribution in [3.8, 4) is 33.8 Å². The molecule has 4 nitrogen and oxygen atoms in total. The highest BCUT2D eigenvalue weighted by Crippen LogP contribution is 2.58. The van der Waals surface area contributed by atoms with Gasteiger partial charge in [0.25, 0.3) is 11.1 Å². The number of aryl methyl sites for hydroxylation is 4. The van der Waals surface area contributed by atoms with E-state index in [9.17, 15) is 0 Å². The van der Waals surface area contributed by atoms with Crippen molar-refractivity contribution in [3.63, 3.8) is 0 Å². The first-order chi connectivity index (χ1) is 26.2. The lowest BCUT2D eigenvalue weighted by atomic mass is 9.61. The molecule has 8 aromatic rings. The Kier molecular flexibility index (Phi) is 7.01. The highest BCUT2D eigenvalue weighted by atomic mass is 15.2. The molecule has 2 aliphatic heterocycles. The molecule has 0 saturated carbocycles. The van der Waals surface area contributed by atoms with Gasteiger partial charge in [-0.1, -0.05) is 68.4 Å². The minimum absolute atomic E-state index is 0.481. The van der Waals surface area contributed by atoms with Crippen molar-refractivity contribution >= 4 is 21.8 Å². The van der Waals surface area contributed by atoms with E-state index in [1.165, 1.54) is 89.2 Å². The molecule has 1 spiro atoms. The van der Waals surface area contributed by atoms with E-state index in [0.29, 0.717) is 5.92 Å². The molecule has 0 amide bonds. The highest BCUT2D eigenvalue weighted by Gasteiger charge is 2.74. The van der Waals surface area contributed by atoms with Crippen molar-refractivity contribution in [2.45, 2.75) is 59.2 Å². The SMILES string of the molecule is Cc1ccc(-c2cc3c4ccccc4n(CC(C)C)c3cc2C2(C)[n+]3c(C)cccc3-c3ccccc3C23c2ccccc2-c2cccc(C)[n+]23)[n+](C)c1. The minimum atomic E-state index is -0.666. The van der Waals surface area contributed by atoms with Gasteiger partial charge in [0.2, 0.25) is 17.1 Å². The van der Waals surface area contributed by atoms with Crippen molar-refractivity contribution in [2.75, 3.05) is 0 Å². The number of aromatic nitrogens is 4. The van der Waals surface area contributed by atoms with E-state index < -0.39 is 11.1 Å². The fraction of sp³-hybridized carbons (Fsp3) is 0.220. The highest BCUT2D eigenvalue weighted by molar-refractivity contribution is 6.09. The predicted octanol–water partition coefficient (Wildman–Crippen LogP) is 9.66. The molecule has 2 aliphatic rings. The van der Waals surface area contributed by atoms with Gasteiger partial charge < -0.3 is 4.57 Å². The molecule has 10 rings (SSSR count). The number of para-hydroxylation sites is 1. The normalized spacial score (nSPS) is 18.3. The molecule has 2 atom stereocenters. The van der Waals surface area contributed by atoms with Crippen LogP contribution in [0.25, 0.3) is 55.6 Å². The van der Waals surface area contributed by atoms with Gasteiger partial charge in [0.05, 0.1) is 16.7 Å². The Morgan fingerprint density at radius 3 is 1.83 bits per heavy atom. The number of fused-ring (bicyclic) bond motifs is 12. The van der Waals surface area contributed by atoms with Gasteiger partial charge in [0.1, 0.15) is 7.05 Å². The number of hydrogen-bond donors (Lipinski definition) is 0. The van der Waals surface area contributed by atoms with Gasteiger partial charge in [-0.05, 0) is 61.4 Å². The van der Waals surface area contributed by atoms with E-state index in [-0.39, 0.29) is 0 Å². The van der Waals surface area contributed by atoms with Crippen LogP contribution in [0, 0.1) is 26.7 Å². The van der Waals surface area contributed by atoms with Crippen LogP contribution in [-0.2, 0) is 24.7 Å². The molecule has 0 saturated heterocycles. The number of rotatable bonds is 4. The molecule has 6 heterocycles. The molecular formula is C50H47N4+3. The van der Waals surface area contributed by atoms with E-state index in [0.717, 1.165) is 6.54 Å². The van der Waals surface area contributed by atoms with Crippen LogP contribution in [0.4, 0.5) is 0 Å². The molecule has 264 valence electrons. The second kappa shape index (κ2) is 11.6. The zero-order valence-corrected chi connectivity index (χ0v) is 32.4. The second-order valence-electron chi connectivity index (χ2n) is 16.3. The molecule has 4 aromatic heterocycles. The zero-order chi connectivity index (χ0) is 37.1. The Balaban J connectivity index is 1.48. The molecule has 4 heteroatoms. The summed E-state index contributed by atoms with van der Waals surface area (Å²) in [6.45, 7) is 14.9. The maximum absolute atomic E-state index is 2.69. The molecule has 0 radical (unpaired) electrons. The van der Waals surface area contributed by atoms with Gasteiger partial charge in [-0.25, -0.2) is 4.57 Å². The summed E-state index contributed by atoms with van der Waals surface area (Å²) in [5.41, 5.74) is 16.4. The van der Waals surface area contributed by atoms with E-state index in [1.807, 2.05) is 0 Å². The van der Waals surface area contributed by atoms with Crippen LogP contribution in [0.5, 0.6) is 0 Å². The van der Waals surface area contributed by atoms with Gasteiger partial charge in [0.15, 0.2) is 17.6 Å². The second-order valence-corrected chi connectivity index (χ2v) is 16.3. The third-order valence-electron chi connectivity index (χ3n) is 12.6. The Labute approximate surface area is 318 Å². The Morgan fingerprint density at radius 2 is 1.17 bits per heavy atom. The third kappa shape index (κ3) is 4.11. The summed E-state index contributed by atoms with van der Waals surface area (Å²) in [5.74, 6) is 0.481. The molecular weight excluding hydrogens is 657 g/mol. The summed E-state index contributed by atoms with van der Waals surface area (Å²) in [5, 5.41) is 2.60. The lowest BCUT2D eigenvalue weighted by Crippen LogP contribution is -2.79. The standard InChI is InChI=1S/C50H47N4/c1-32(2)30-52-45-23-13-10-18-36(45)39-28-40(44-27-26-33(3)31-51(44)7)43(29-48(39)52)49(6)50(41-21-11-8-19-37(41)46-24-14-16-34(4)53(46)49)42-22-12-9-20-38(42)47-25-15-17-35(5)54(47)50/h8-29,31-32H,30H2,1-7H3/q+3. The van der Waals surface area contributed by atoms with Crippen LogP contribution in [0.3, 0.4) is 0 Å². The Hall–Kier alpha value is -5.87. The molecule has 0 fully saturated rings. The molecule has 2 unspecified atom stereocenters. The minimum Gasteiger partial charge on any atom is -0.340 e. The quantitative estimate of drug-likeness (QED) is 0.163. The van der Waals surface area contributed by atoms with Gasteiger partial charge in [0, 0.05) is 102 Å². The summed E-state index contributed by atoms with van der Waals surface area (Å²) in [6.07, 6.45) is 2.27. The van der Waals surface area contributed by atoms with Gasteiger partial charge in [-0.2, -0.15) is 9.13 Å². The first-order valence-electron chi connectivity index (χ1n) is 19.4.